The normalized spacial score (nSPS) is 19.1. The molecule has 1 fully saturated rings. The van der Waals surface area contributed by atoms with Gasteiger partial charge >= 0.3 is 0 Å². The van der Waals surface area contributed by atoms with Gasteiger partial charge in [-0.15, -0.1) is 10.2 Å². The van der Waals surface area contributed by atoms with Crippen LogP contribution in [0.15, 0.2) is 23.1 Å². The van der Waals surface area contributed by atoms with Crippen molar-refractivity contribution in [1.29, 1.82) is 0 Å². The maximum atomic E-state index is 14.1. The molecule has 2 atom stereocenters. The van der Waals surface area contributed by atoms with Crippen LogP contribution < -0.4 is 10.4 Å². The number of aromatic nitrogens is 3. The minimum Gasteiger partial charge on any atom is -0.502 e. The van der Waals surface area contributed by atoms with Crippen LogP contribution in [-0.4, -0.2) is 63.3 Å². The van der Waals surface area contributed by atoms with Crippen LogP contribution in [0, 0.1) is 17.5 Å². The number of rotatable bonds is 6. The summed E-state index contributed by atoms with van der Waals surface area (Å²) >= 11 is 0.906. The molecule has 1 saturated heterocycles. The molecule has 2 aromatic heterocycles. The highest BCUT2D eigenvalue weighted by atomic mass is 32.1. The SMILES string of the molecule is CCN1C(=O)c2c(O)c(=O)c(-c3nnc(Cc4c(F)cc(F)cc4F)s3)cn2N2[C@H](COC)CC[C@@H]12. The van der Waals surface area contributed by atoms with Gasteiger partial charge in [-0.25, -0.2) is 13.2 Å². The van der Waals surface area contributed by atoms with Crippen LogP contribution in [0.3, 0.4) is 0 Å². The van der Waals surface area contributed by atoms with Crippen molar-refractivity contribution < 1.29 is 27.8 Å². The summed E-state index contributed by atoms with van der Waals surface area (Å²) in [5.74, 6) is -4.33. The van der Waals surface area contributed by atoms with Crippen LogP contribution in [0.1, 0.15) is 40.8 Å². The van der Waals surface area contributed by atoms with Gasteiger partial charge < -0.3 is 14.7 Å². The van der Waals surface area contributed by atoms with Gasteiger partial charge in [0.15, 0.2) is 16.5 Å². The van der Waals surface area contributed by atoms with Crippen molar-refractivity contribution in [2.45, 2.75) is 38.4 Å². The summed E-state index contributed by atoms with van der Waals surface area (Å²) in [6, 6.07) is 1.05. The zero-order chi connectivity index (χ0) is 25.7. The lowest BCUT2D eigenvalue weighted by Crippen LogP contribution is -2.61. The van der Waals surface area contributed by atoms with Gasteiger partial charge in [-0.1, -0.05) is 11.3 Å². The number of fused-ring (bicyclic) bond motifs is 3. The number of hydrogen-bond acceptors (Lipinski definition) is 8. The van der Waals surface area contributed by atoms with Crippen LogP contribution in [0.4, 0.5) is 13.2 Å². The van der Waals surface area contributed by atoms with Crippen LogP contribution >= 0.6 is 11.3 Å². The Bertz CT molecular complexity index is 1390. The largest absolute Gasteiger partial charge is 0.502 e. The van der Waals surface area contributed by atoms with Crippen molar-refractivity contribution >= 4 is 17.2 Å². The fourth-order valence-corrected chi connectivity index (χ4v) is 5.75. The Balaban J connectivity index is 1.58. The number of ether oxygens (including phenoxy) is 1. The summed E-state index contributed by atoms with van der Waals surface area (Å²) < 4.78 is 48.3. The van der Waals surface area contributed by atoms with Gasteiger partial charge in [0.2, 0.25) is 5.43 Å². The van der Waals surface area contributed by atoms with Gasteiger partial charge in [-0.05, 0) is 19.8 Å². The molecule has 1 aromatic carbocycles. The maximum absolute atomic E-state index is 14.1. The summed E-state index contributed by atoms with van der Waals surface area (Å²) in [5, 5.41) is 20.9. The van der Waals surface area contributed by atoms with E-state index in [4.69, 9.17) is 4.74 Å². The molecule has 36 heavy (non-hydrogen) atoms. The number of halogens is 3. The first-order valence-corrected chi connectivity index (χ1v) is 12.1. The summed E-state index contributed by atoms with van der Waals surface area (Å²) in [4.78, 5) is 27.9. The average Bonchev–Trinajstić information content (AvgIpc) is 3.46. The quantitative estimate of drug-likeness (QED) is 0.532. The number of carbonyl (C=O) groups excluding carboxylic acids is 1. The number of aromatic hydroxyl groups is 1. The van der Waals surface area contributed by atoms with E-state index in [2.05, 4.69) is 10.2 Å². The minimum atomic E-state index is -1.06. The Morgan fingerprint density at radius 3 is 2.56 bits per heavy atom. The van der Waals surface area contributed by atoms with E-state index in [0.29, 0.717) is 31.7 Å². The molecule has 9 nitrogen and oxygen atoms in total. The van der Waals surface area contributed by atoms with Crippen LogP contribution in [0.5, 0.6) is 5.75 Å². The zero-order valence-corrected chi connectivity index (χ0v) is 20.2. The smallest absolute Gasteiger partial charge is 0.278 e. The lowest BCUT2D eigenvalue weighted by molar-refractivity contribution is 0.0586. The molecule has 2 aliphatic rings. The van der Waals surface area contributed by atoms with Gasteiger partial charge in [-0.2, -0.15) is 0 Å². The molecule has 0 radical (unpaired) electrons. The number of benzene rings is 1. The van der Waals surface area contributed by atoms with E-state index in [-0.39, 0.29) is 45.5 Å². The Morgan fingerprint density at radius 1 is 1.17 bits per heavy atom. The van der Waals surface area contributed by atoms with E-state index < -0.39 is 34.5 Å². The number of methoxy groups -OCH3 is 1. The van der Waals surface area contributed by atoms with Crippen molar-refractivity contribution in [3.63, 3.8) is 0 Å². The Hall–Kier alpha value is -3.45. The third-order valence-corrected chi connectivity index (χ3v) is 7.46. The molecule has 3 aromatic rings. The number of amides is 1. The Labute approximate surface area is 207 Å². The molecule has 1 N–H and O–H groups in total. The van der Waals surface area contributed by atoms with E-state index in [1.807, 2.05) is 11.9 Å². The number of carbonyl (C=O) groups is 1. The van der Waals surface area contributed by atoms with Gasteiger partial charge in [0.1, 0.15) is 28.6 Å². The molecule has 0 aliphatic carbocycles. The molecule has 0 spiro atoms. The predicted octanol–water partition coefficient (Wildman–Crippen LogP) is 2.63. The fraction of sp³-hybridized carbons (Fsp3) is 0.391. The van der Waals surface area contributed by atoms with E-state index in [1.165, 1.54) is 10.9 Å². The molecule has 0 saturated carbocycles. The van der Waals surface area contributed by atoms with Gasteiger partial charge in [0, 0.05) is 44.0 Å². The molecule has 1 amide bonds. The summed E-state index contributed by atoms with van der Waals surface area (Å²) in [6.07, 6.45) is 2.28. The molecule has 0 bridgehead atoms. The standard InChI is InChI=1S/C23H22F3N5O4S/c1-3-29-18-5-4-12(10-35-2)31(18)30-9-14(20(32)21(33)19(30)23(29)34)22-28-27-17(36-22)8-13-15(25)6-11(24)7-16(13)26/h6-7,9,12,18,33H,3-5,8,10H2,1-2H3/t12-,18-/m0/s1. The number of nitrogens with zero attached hydrogens (tertiary/aromatic N) is 5. The molecule has 2 aliphatic heterocycles. The van der Waals surface area contributed by atoms with E-state index in [9.17, 15) is 27.9 Å². The first-order chi connectivity index (χ1) is 17.2. The minimum absolute atomic E-state index is 0.0142. The van der Waals surface area contributed by atoms with Crippen molar-refractivity contribution in [2.24, 2.45) is 0 Å². The molecule has 5 rings (SSSR count). The van der Waals surface area contributed by atoms with Gasteiger partial charge in [0.05, 0.1) is 18.2 Å². The predicted molar refractivity (Wildman–Crippen MR) is 124 cm³/mol. The molecular formula is C23H22F3N5O4S. The van der Waals surface area contributed by atoms with E-state index in [1.54, 1.807) is 12.0 Å². The monoisotopic (exact) mass is 521 g/mol. The third kappa shape index (κ3) is 3.82. The van der Waals surface area contributed by atoms with Crippen molar-refractivity contribution in [3.05, 3.63) is 62.3 Å². The number of hydrogen-bond donors (Lipinski definition) is 1. The van der Waals surface area contributed by atoms with Gasteiger partial charge in [0.25, 0.3) is 5.91 Å². The zero-order valence-electron chi connectivity index (χ0n) is 19.4. The van der Waals surface area contributed by atoms with E-state index >= 15 is 0 Å². The highest BCUT2D eigenvalue weighted by Crippen LogP contribution is 2.35. The maximum Gasteiger partial charge on any atom is 0.278 e. The second kappa shape index (κ2) is 9.21. The Kier molecular flexibility index (Phi) is 6.20. The Morgan fingerprint density at radius 2 is 1.89 bits per heavy atom. The van der Waals surface area contributed by atoms with Gasteiger partial charge in [-0.3, -0.25) is 19.3 Å². The second-order valence-corrected chi connectivity index (χ2v) is 9.64. The lowest BCUT2D eigenvalue weighted by atomic mass is 10.1. The third-order valence-electron chi connectivity index (χ3n) is 6.50. The molecule has 190 valence electrons. The molecule has 0 unspecified atom stereocenters. The summed E-state index contributed by atoms with van der Waals surface area (Å²) in [5.41, 5.74) is -1.35. The topological polar surface area (TPSA) is 101 Å². The fourth-order valence-electron chi connectivity index (χ4n) is 4.89. The van der Waals surface area contributed by atoms with Crippen molar-refractivity contribution in [3.8, 4) is 16.3 Å². The molecular weight excluding hydrogens is 499 g/mol. The first-order valence-electron chi connectivity index (χ1n) is 11.3. The van der Waals surface area contributed by atoms with E-state index in [0.717, 1.165) is 17.8 Å². The summed E-state index contributed by atoms with van der Waals surface area (Å²) in [6.45, 7) is 2.60. The molecule has 13 heteroatoms. The average molecular weight is 522 g/mol. The highest BCUT2D eigenvalue weighted by Gasteiger charge is 2.46. The lowest BCUT2D eigenvalue weighted by Gasteiger charge is -2.44. The van der Waals surface area contributed by atoms with Crippen LogP contribution in [0.25, 0.3) is 10.6 Å². The number of pyridine rings is 1. The van der Waals surface area contributed by atoms with Crippen LogP contribution in [-0.2, 0) is 11.2 Å². The second-order valence-electron chi connectivity index (χ2n) is 8.58. The van der Waals surface area contributed by atoms with Crippen molar-refractivity contribution in [2.75, 3.05) is 25.3 Å². The first kappa shape index (κ1) is 24.3. The van der Waals surface area contributed by atoms with Crippen molar-refractivity contribution in [1.82, 2.24) is 19.8 Å². The van der Waals surface area contributed by atoms with Crippen LogP contribution in [0.2, 0.25) is 0 Å². The highest BCUT2D eigenvalue weighted by molar-refractivity contribution is 7.14. The summed E-state index contributed by atoms with van der Waals surface area (Å²) in [7, 11) is 1.57. The molecule has 4 heterocycles.